The molecule has 0 aliphatic heterocycles. The van der Waals surface area contributed by atoms with E-state index in [0.29, 0.717) is 0 Å². The zero-order chi connectivity index (χ0) is 49.5. The van der Waals surface area contributed by atoms with E-state index in [0.717, 1.165) is 0 Å². The van der Waals surface area contributed by atoms with Gasteiger partial charge in [0.2, 0.25) is 0 Å². The van der Waals surface area contributed by atoms with Crippen LogP contribution in [0.25, 0.3) is 66.8 Å². The molecule has 18 rings (SSSR count). The molecule has 12 aromatic carbocycles. The molecule has 0 unspecified atom stereocenters. The Labute approximate surface area is 442 Å². The van der Waals surface area contributed by atoms with E-state index >= 15 is 0 Å². The van der Waals surface area contributed by atoms with E-state index in [4.69, 9.17) is 0 Å². The standard InChI is InChI=1S/C76H46/c1-10-34-58-46(22-1)47-23-2-11-35-59(47)74(58)64-40-16-7-28-52(64)71-55(31-19-43-67(71)74)70(56-32-20-44-68-72(56)53-29-8-17-41-65(53)75(68)60-36-12-3-24-48(60)49-25-4-13-37-61(49)75)57-33-21-45-69-73(57)54-30-9-18-42-66(54)76(69)62-38-14-5-26-50(62)51-27-6-15-39-63(51)76/h1-45,70H. The normalized spacial score (nSPS) is 15.3. The second kappa shape index (κ2) is 14.5. The molecule has 350 valence electrons. The van der Waals surface area contributed by atoms with E-state index in [1.807, 2.05) is 0 Å². The smallest absolute Gasteiger partial charge is 0.0619 e. The van der Waals surface area contributed by atoms with Crippen molar-refractivity contribution in [2.75, 3.05) is 0 Å². The van der Waals surface area contributed by atoms with Crippen molar-refractivity contribution in [1.82, 2.24) is 0 Å². The van der Waals surface area contributed by atoms with Crippen LogP contribution in [-0.4, -0.2) is 0 Å². The van der Waals surface area contributed by atoms with Gasteiger partial charge < -0.3 is 0 Å². The lowest BCUT2D eigenvalue weighted by atomic mass is 9.68. The third-order valence-electron chi connectivity index (χ3n) is 19.1. The molecule has 0 aromatic heterocycles. The monoisotopic (exact) mass is 958 g/mol. The van der Waals surface area contributed by atoms with E-state index in [9.17, 15) is 0 Å². The van der Waals surface area contributed by atoms with Crippen LogP contribution in [0.3, 0.4) is 0 Å². The molecule has 76 heavy (non-hydrogen) atoms. The SMILES string of the molecule is c1ccc2c(c1)-c1ccccc1C21c2ccccc2-c2c(C(c3cccc4c3-c3ccccc3C43c4ccccc4-c4ccccc43)c3cccc4c3-c3ccccc3C43c4ccccc4-c4ccccc43)cccc21. The fraction of sp³-hybridized carbons (Fsp3) is 0.0526. The highest BCUT2D eigenvalue weighted by Crippen LogP contribution is 2.69. The van der Waals surface area contributed by atoms with Crippen LogP contribution in [0.2, 0.25) is 0 Å². The first-order chi connectivity index (χ1) is 37.8. The van der Waals surface area contributed by atoms with E-state index in [1.165, 1.54) is 150 Å². The lowest BCUT2D eigenvalue weighted by Crippen LogP contribution is -2.26. The molecule has 6 aliphatic rings. The highest BCUT2D eigenvalue weighted by molar-refractivity contribution is 6.01. The number of hydrogen-bond acceptors (Lipinski definition) is 0. The van der Waals surface area contributed by atoms with Crippen molar-refractivity contribution in [1.29, 1.82) is 0 Å². The molecule has 0 bridgehead atoms. The van der Waals surface area contributed by atoms with E-state index in [-0.39, 0.29) is 5.92 Å². The Morgan fingerprint density at radius 3 is 0.553 bits per heavy atom. The summed E-state index contributed by atoms with van der Waals surface area (Å²) in [4.78, 5) is 0. The Bertz CT molecular complexity index is 3960. The minimum Gasteiger partial charge on any atom is -0.0619 e. The van der Waals surface area contributed by atoms with Crippen molar-refractivity contribution < 1.29 is 0 Å². The highest BCUT2D eigenvalue weighted by Gasteiger charge is 2.56. The minimum absolute atomic E-state index is 0.194. The number of benzene rings is 12. The molecule has 0 saturated heterocycles. The van der Waals surface area contributed by atoms with Gasteiger partial charge in [-0.25, -0.2) is 0 Å². The van der Waals surface area contributed by atoms with Gasteiger partial charge in [-0.1, -0.05) is 273 Å². The lowest BCUT2D eigenvalue weighted by Gasteiger charge is -2.32. The summed E-state index contributed by atoms with van der Waals surface area (Å²) in [5, 5.41) is 0. The van der Waals surface area contributed by atoms with Crippen LogP contribution in [0.5, 0.6) is 0 Å². The summed E-state index contributed by atoms with van der Waals surface area (Å²) in [5.74, 6) is -0.194. The van der Waals surface area contributed by atoms with Crippen LogP contribution in [-0.2, 0) is 16.2 Å². The molecule has 0 atom stereocenters. The summed E-state index contributed by atoms with van der Waals surface area (Å²) in [6.07, 6.45) is 0. The van der Waals surface area contributed by atoms with Crippen molar-refractivity contribution in [3.8, 4) is 66.8 Å². The molecule has 0 heterocycles. The first-order valence-electron chi connectivity index (χ1n) is 27.0. The molecule has 0 amide bonds. The molecular formula is C76H46. The zero-order valence-corrected chi connectivity index (χ0v) is 41.6. The van der Waals surface area contributed by atoms with Crippen molar-refractivity contribution >= 4 is 0 Å². The Morgan fingerprint density at radius 1 is 0.158 bits per heavy atom. The van der Waals surface area contributed by atoms with E-state index in [2.05, 4.69) is 273 Å². The Morgan fingerprint density at radius 2 is 0.329 bits per heavy atom. The van der Waals surface area contributed by atoms with Crippen LogP contribution in [0, 0.1) is 0 Å². The maximum Gasteiger partial charge on any atom is 0.0725 e. The molecule has 0 nitrogen and oxygen atoms in total. The summed E-state index contributed by atoms with van der Waals surface area (Å²) in [5.41, 5.74) is 34.8. The van der Waals surface area contributed by atoms with Gasteiger partial charge in [0.25, 0.3) is 0 Å². The van der Waals surface area contributed by atoms with Gasteiger partial charge in [-0.3, -0.25) is 0 Å². The largest absolute Gasteiger partial charge is 0.0725 e. The van der Waals surface area contributed by atoms with Crippen molar-refractivity contribution in [2.24, 2.45) is 0 Å². The van der Waals surface area contributed by atoms with Gasteiger partial charge in [0, 0.05) is 5.92 Å². The zero-order valence-electron chi connectivity index (χ0n) is 41.6. The molecule has 12 aromatic rings. The quantitative estimate of drug-likeness (QED) is 0.155. The van der Waals surface area contributed by atoms with Gasteiger partial charge in [0.15, 0.2) is 0 Å². The van der Waals surface area contributed by atoms with Crippen molar-refractivity contribution in [3.05, 3.63) is 356 Å². The van der Waals surface area contributed by atoms with Crippen LogP contribution in [0.15, 0.2) is 273 Å². The summed E-state index contributed by atoms with van der Waals surface area (Å²) in [7, 11) is 0. The molecule has 3 spiro atoms. The van der Waals surface area contributed by atoms with Crippen LogP contribution in [0.4, 0.5) is 0 Å². The van der Waals surface area contributed by atoms with E-state index < -0.39 is 16.2 Å². The molecular weight excluding hydrogens is 913 g/mol. The number of fused-ring (bicyclic) bond motifs is 30. The first-order valence-corrected chi connectivity index (χ1v) is 27.0. The Hall–Kier alpha value is -9.36. The molecule has 6 aliphatic carbocycles. The first kappa shape index (κ1) is 41.0. The van der Waals surface area contributed by atoms with Gasteiger partial charge in [0.05, 0.1) is 16.2 Å². The van der Waals surface area contributed by atoms with E-state index in [1.54, 1.807) is 0 Å². The summed E-state index contributed by atoms with van der Waals surface area (Å²) in [6.45, 7) is 0. The summed E-state index contributed by atoms with van der Waals surface area (Å²) in [6, 6.07) is 105. The van der Waals surface area contributed by atoms with Gasteiger partial charge in [-0.05, 0) is 150 Å². The topological polar surface area (TPSA) is 0 Å². The van der Waals surface area contributed by atoms with Gasteiger partial charge in [0.1, 0.15) is 0 Å². The summed E-state index contributed by atoms with van der Waals surface area (Å²) < 4.78 is 0. The van der Waals surface area contributed by atoms with Gasteiger partial charge in [-0.2, -0.15) is 0 Å². The molecule has 0 heteroatoms. The second-order valence-corrected chi connectivity index (χ2v) is 21.9. The molecule has 0 radical (unpaired) electrons. The van der Waals surface area contributed by atoms with Gasteiger partial charge >= 0.3 is 0 Å². The molecule has 0 N–H and O–H groups in total. The predicted octanol–water partition coefficient (Wildman–Crippen LogP) is 17.9. The maximum atomic E-state index is 2.50. The lowest BCUT2D eigenvalue weighted by molar-refractivity contribution is 0.788. The third kappa shape index (κ3) is 4.56. The Kier molecular flexibility index (Phi) is 7.82. The number of rotatable bonds is 3. The second-order valence-electron chi connectivity index (χ2n) is 21.9. The minimum atomic E-state index is -0.487. The van der Waals surface area contributed by atoms with Crippen LogP contribution in [0.1, 0.15) is 89.4 Å². The van der Waals surface area contributed by atoms with Crippen molar-refractivity contribution in [3.63, 3.8) is 0 Å². The average molecular weight is 959 g/mol. The molecule has 0 saturated carbocycles. The fourth-order valence-electron chi connectivity index (χ4n) is 16.7. The Balaban J connectivity index is 0.999. The summed E-state index contributed by atoms with van der Waals surface area (Å²) >= 11 is 0. The van der Waals surface area contributed by atoms with Crippen LogP contribution >= 0.6 is 0 Å². The maximum absolute atomic E-state index is 2.50. The fourth-order valence-corrected chi connectivity index (χ4v) is 16.7. The predicted molar refractivity (Wildman–Crippen MR) is 309 cm³/mol. The molecule has 0 fully saturated rings. The number of hydrogen-bond donors (Lipinski definition) is 0. The average Bonchev–Trinajstić information content (AvgIpc) is 4.08. The highest BCUT2D eigenvalue weighted by atomic mass is 14.6. The van der Waals surface area contributed by atoms with Crippen molar-refractivity contribution in [2.45, 2.75) is 22.2 Å². The van der Waals surface area contributed by atoms with Crippen LogP contribution < -0.4 is 0 Å². The third-order valence-corrected chi connectivity index (χ3v) is 19.1. The van der Waals surface area contributed by atoms with Gasteiger partial charge in [-0.15, -0.1) is 0 Å².